The van der Waals surface area contributed by atoms with Gasteiger partial charge in [-0.05, 0) is 65.8 Å². The predicted octanol–water partition coefficient (Wildman–Crippen LogP) is 7.77. The topological polar surface area (TPSA) is 240 Å². The lowest BCUT2D eigenvalue weighted by molar-refractivity contribution is -0.397. The molecule has 0 unspecified atom stereocenters. The van der Waals surface area contributed by atoms with E-state index in [1.165, 1.54) is 6.92 Å². The lowest BCUT2D eigenvalue weighted by atomic mass is 9.93. The molecule has 0 aliphatic carbocycles. The van der Waals surface area contributed by atoms with Gasteiger partial charge in [0.25, 0.3) is 5.69 Å². The van der Waals surface area contributed by atoms with Crippen LogP contribution in [0.15, 0.2) is 187 Å². The molecule has 6 aromatic rings. The maximum atomic E-state index is 14.4. The van der Waals surface area contributed by atoms with E-state index in [0.29, 0.717) is 6.42 Å². The number of allylic oxidation sites excluding steroid dienone is 1. The second kappa shape index (κ2) is 29.8. The molecule has 3 saturated heterocycles. The molecule has 9 rings (SSSR count). The summed E-state index contributed by atoms with van der Waals surface area (Å²) in [5.74, 6) is -2.52. The third-order valence-corrected chi connectivity index (χ3v) is 16.0. The lowest BCUT2D eigenvalue weighted by Gasteiger charge is -2.53. The van der Waals surface area contributed by atoms with Gasteiger partial charge in [-0.2, -0.15) is 4.72 Å². The second-order valence-corrected chi connectivity index (χ2v) is 22.9. The van der Waals surface area contributed by atoms with Crippen LogP contribution in [0.5, 0.6) is 0 Å². The van der Waals surface area contributed by atoms with Crippen LogP contribution in [-0.2, 0) is 106 Å². The minimum absolute atomic E-state index is 0.00141. The molecule has 85 heavy (non-hydrogen) atoms. The maximum Gasteiger partial charge on any atom is 0.269 e. The third-order valence-electron chi connectivity index (χ3n) is 14.5. The molecule has 0 bridgehead atoms. The van der Waals surface area contributed by atoms with Crippen molar-refractivity contribution in [3.05, 3.63) is 226 Å². The summed E-state index contributed by atoms with van der Waals surface area (Å²) < 4.78 is 98.5. The molecule has 0 radical (unpaired) electrons. The number of carbonyl (C=O) groups is 2. The predicted molar refractivity (Wildman–Crippen MR) is 311 cm³/mol. The zero-order valence-corrected chi connectivity index (χ0v) is 48.4. The van der Waals surface area contributed by atoms with Gasteiger partial charge in [-0.1, -0.05) is 152 Å². The summed E-state index contributed by atoms with van der Waals surface area (Å²) in [5.41, 5.74) is 4.85. The first-order valence-electron chi connectivity index (χ1n) is 28.1. The molecule has 20 nitrogen and oxygen atoms in total. The Morgan fingerprint density at radius 2 is 1.24 bits per heavy atom. The van der Waals surface area contributed by atoms with Crippen LogP contribution in [0.4, 0.5) is 5.69 Å². The number of nitrogens with one attached hydrogen (secondary N) is 3. The van der Waals surface area contributed by atoms with E-state index in [1.54, 1.807) is 19.9 Å². The lowest BCUT2D eigenvalue weighted by Crippen LogP contribution is -2.71. The molecule has 21 heteroatoms. The largest absolute Gasteiger partial charge is 0.374 e. The molecule has 11 atom stereocenters. The zero-order chi connectivity index (χ0) is 59.8. The summed E-state index contributed by atoms with van der Waals surface area (Å²) in [6, 6.07) is 47.3. The van der Waals surface area contributed by atoms with Gasteiger partial charge in [0.05, 0.1) is 56.1 Å². The number of benzene rings is 6. The molecule has 0 aromatic heterocycles. The van der Waals surface area contributed by atoms with E-state index in [1.807, 2.05) is 146 Å². The van der Waals surface area contributed by atoms with E-state index in [4.69, 9.17) is 47.4 Å². The van der Waals surface area contributed by atoms with Crippen LogP contribution in [0.3, 0.4) is 0 Å². The fourth-order valence-electron chi connectivity index (χ4n) is 10.3. The first-order valence-corrected chi connectivity index (χ1v) is 29.6. The standard InChI is InChI=1S/C64H72N4O16S/c1-5-20-48-29-18-19-30-49(48)35-65-61(70)52(67-85(73,74)51-33-31-50(32-34-51)68(71)72)40-79-62-55(66-43(2)69)58(57-54(81-62)42-80-64(3,4)84-57)83-63-60(78-39-47-27-16-9-17-28-47)59(77-38-46-25-14-8-15-26-46)56(76-37-45-23-12-7-13-24-45)53(82-63)41-75-36-44-21-10-6-11-22-44/h5-19,21-34,52-60,62-63,67H,1,20,35-42H2,2-4H3,(H,65,70)(H,66,69)/t52-,53+,54+,55+,56-,57-,58+,59-,60+,62-,63-/m0/s1. The van der Waals surface area contributed by atoms with Crippen molar-refractivity contribution in [2.24, 2.45) is 0 Å². The third kappa shape index (κ3) is 17.3. The van der Waals surface area contributed by atoms with Crippen LogP contribution < -0.4 is 15.4 Å². The Labute approximate surface area is 495 Å². The van der Waals surface area contributed by atoms with Gasteiger partial charge in [0.1, 0.15) is 54.8 Å². The Hall–Kier alpha value is -7.09. The van der Waals surface area contributed by atoms with E-state index in [2.05, 4.69) is 21.9 Å². The van der Waals surface area contributed by atoms with Gasteiger partial charge in [0.2, 0.25) is 21.8 Å². The Bertz CT molecular complexity index is 3220. The molecular formula is C64H72N4O16S. The molecule has 3 aliphatic heterocycles. The quantitative estimate of drug-likeness (QED) is 0.0242. The van der Waals surface area contributed by atoms with Gasteiger partial charge >= 0.3 is 0 Å². The number of sulfonamides is 1. The maximum absolute atomic E-state index is 14.4. The number of nitro groups is 1. The number of fused-ring (bicyclic) bond motifs is 1. The number of rotatable bonds is 28. The van der Waals surface area contributed by atoms with Crippen molar-refractivity contribution in [2.45, 2.75) is 138 Å². The average Bonchev–Trinajstić information content (AvgIpc) is 1.43. The van der Waals surface area contributed by atoms with E-state index < -0.39 is 107 Å². The number of ether oxygens (including phenoxy) is 10. The van der Waals surface area contributed by atoms with E-state index in [-0.39, 0.29) is 56.8 Å². The van der Waals surface area contributed by atoms with Gasteiger partial charge in [-0.15, -0.1) is 6.58 Å². The van der Waals surface area contributed by atoms with Crippen molar-refractivity contribution in [1.82, 2.24) is 15.4 Å². The van der Waals surface area contributed by atoms with Gasteiger partial charge in [-0.3, -0.25) is 19.7 Å². The smallest absolute Gasteiger partial charge is 0.269 e. The minimum Gasteiger partial charge on any atom is -0.374 e. The van der Waals surface area contributed by atoms with E-state index in [9.17, 15) is 28.1 Å². The van der Waals surface area contributed by atoms with Crippen LogP contribution in [0, 0.1) is 10.1 Å². The van der Waals surface area contributed by atoms with Crippen molar-refractivity contribution in [3.63, 3.8) is 0 Å². The van der Waals surface area contributed by atoms with Crippen LogP contribution in [0.1, 0.15) is 54.2 Å². The van der Waals surface area contributed by atoms with Crippen LogP contribution in [-0.4, -0.2) is 118 Å². The van der Waals surface area contributed by atoms with Crippen LogP contribution in [0.2, 0.25) is 0 Å². The van der Waals surface area contributed by atoms with Gasteiger partial charge < -0.3 is 58.0 Å². The summed E-state index contributed by atoms with van der Waals surface area (Å²) in [4.78, 5) is 38.5. The van der Waals surface area contributed by atoms with Crippen molar-refractivity contribution >= 4 is 27.5 Å². The van der Waals surface area contributed by atoms with E-state index >= 15 is 0 Å². The van der Waals surface area contributed by atoms with Crippen molar-refractivity contribution < 1.29 is 70.3 Å². The van der Waals surface area contributed by atoms with Crippen molar-refractivity contribution in [1.29, 1.82) is 0 Å². The normalized spacial score (nSPS) is 24.1. The zero-order valence-electron chi connectivity index (χ0n) is 47.6. The number of hydrogen-bond donors (Lipinski definition) is 3. The molecule has 450 valence electrons. The van der Waals surface area contributed by atoms with Gasteiger partial charge in [0, 0.05) is 25.6 Å². The Morgan fingerprint density at radius 1 is 0.694 bits per heavy atom. The van der Waals surface area contributed by atoms with Crippen LogP contribution in [0.25, 0.3) is 0 Å². The number of carbonyl (C=O) groups excluding carboxylic acids is 2. The van der Waals surface area contributed by atoms with Crippen LogP contribution >= 0.6 is 0 Å². The number of amides is 2. The summed E-state index contributed by atoms with van der Waals surface area (Å²) >= 11 is 0. The van der Waals surface area contributed by atoms with Crippen molar-refractivity contribution in [2.75, 3.05) is 19.8 Å². The summed E-state index contributed by atoms with van der Waals surface area (Å²) in [7, 11) is -4.57. The van der Waals surface area contributed by atoms with Gasteiger partial charge in [-0.25, -0.2) is 8.42 Å². The van der Waals surface area contributed by atoms with Gasteiger partial charge in [0.15, 0.2) is 18.4 Å². The highest BCUT2D eigenvalue weighted by Gasteiger charge is 2.57. The molecule has 3 heterocycles. The molecule has 2 amide bonds. The molecule has 0 saturated carbocycles. The van der Waals surface area contributed by atoms with E-state index in [0.717, 1.165) is 57.6 Å². The number of nitrogens with zero attached hydrogens (tertiary/aromatic N) is 1. The Morgan fingerprint density at radius 3 is 1.80 bits per heavy atom. The van der Waals surface area contributed by atoms with Crippen molar-refractivity contribution in [3.8, 4) is 0 Å². The monoisotopic (exact) mass is 1180 g/mol. The number of non-ortho nitro benzene ring substituents is 1. The number of hydrogen-bond acceptors (Lipinski definition) is 16. The first-order chi connectivity index (χ1) is 41.1. The molecule has 3 N–H and O–H groups in total. The molecule has 0 spiro atoms. The summed E-state index contributed by atoms with van der Waals surface area (Å²) in [5, 5.41) is 17.3. The average molecular weight is 1190 g/mol. The number of nitro benzene ring substituents is 1. The fourth-order valence-corrected chi connectivity index (χ4v) is 11.5. The highest BCUT2D eigenvalue weighted by Crippen LogP contribution is 2.39. The summed E-state index contributed by atoms with van der Waals surface area (Å²) in [6.45, 7) is 8.51. The highest BCUT2D eigenvalue weighted by atomic mass is 32.2. The molecule has 6 aromatic carbocycles. The molecule has 3 aliphatic rings. The first kappa shape index (κ1) is 62.4. The fraction of sp³-hybridized carbons (Fsp3) is 0.375. The Kier molecular flexibility index (Phi) is 21.9. The molecular weight excluding hydrogens is 1110 g/mol. The molecule has 3 fully saturated rings. The minimum atomic E-state index is -4.57. The Balaban J connectivity index is 1.08. The second-order valence-electron chi connectivity index (χ2n) is 21.2. The summed E-state index contributed by atoms with van der Waals surface area (Å²) in [6.07, 6.45) is -7.48. The SMILES string of the molecule is C=CCc1ccccc1CNC(=O)[C@H](CO[C@H]1O[C@@H]2COC(C)(C)O[C@@H]2[C@H](O[C@@H]2O[C@H](COCc3ccccc3)[C@H](OCc3ccccc3)[C@H](OCc3ccccc3)[C@H]2OCc2ccccc2)[C@H]1NC(C)=O)NS(=O)(=O)c1ccc([N+](=O)[O-])cc1. The highest BCUT2D eigenvalue weighted by molar-refractivity contribution is 7.89.